The van der Waals surface area contributed by atoms with Gasteiger partial charge in [-0.2, -0.15) is 5.10 Å². The maximum Gasteiger partial charge on any atom is 0.410 e. The second-order valence-electron chi connectivity index (χ2n) is 9.56. The summed E-state index contributed by atoms with van der Waals surface area (Å²) in [5, 5.41) is 5.51. The van der Waals surface area contributed by atoms with Gasteiger partial charge >= 0.3 is 6.09 Å². The second kappa shape index (κ2) is 9.85. The van der Waals surface area contributed by atoms with Crippen molar-refractivity contribution in [1.82, 2.24) is 29.5 Å². The molecule has 0 bridgehead atoms. The number of fused-ring (bicyclic) bond motifs is 1. The molecule has 1 amide bonds. The Kier molecular flexibility index (Phi) is 6.59. The van der Waals surface area contributed by atoms with Gasteiger partial charge in [-0.1, -0.05) is 11.3 Å². The monoisotopic (exact) mass is 523 g/mol. The van der Waals surface area contributed by atoms with Crippen molar-refractivity contribution in [2.24, 2.45) is 0 Å². The van der Waals surface area contributed by atoms with Crippen LogP contribution in [-0.2, 0) is 4.74 Å². The Hall–Kier alpha value is -3.93. The van der Waals surface area contributed by atoms with Crippen molar-refractivity contribution in [2.75, 3.05) is 45.3 Å². The van der Waals surface area contributed by atoms with Gasteiger partial charge in [-0.25, -0.2) is 24.3 Å². The fraction of sp³-hybridized carbons (Fsp3) is 0.400. The van der Waals surface area contributed by atoms with E-state index in [0.29, 0.717) is 43.6 Å². The van der Waals surface area contributed by atoms with Crippen LogP contribution in [0.3, 0.4) is 0 Å². The van der Waals surface area contributed by atoms with Crippen LogP contribution < -0.4 is 14.4 Å². The summed E-state index contributed by atoms with van der Waals surface area (Å²) in [6, 6.07) is 5.71. The van der Waals surface area contributed by atoms with Gasteiger partial charge in [-0.3, -0.25) is 0 Å². The summed E-state index contributed by atoms with van der Waals surface area (Å²) in [6.45, 7) is 8.01. The number of amides is 1. The molecular formula is C25H29N7O4S. The topological polar surface area (TPSA) is 107 Å². The average Bonchev–Trinajstić information content (AvgIpc) is 3.47. The van der Waals surface area contributed by atoms with Crippen LogP contribution >= 0.6 is 11.3 Å². The fourth-order valence-electron chi connectivity index (χ4n) is 3.96. The molecule has 4 heterocycles. The molecule has 1 fully saturated rings. The number of ether oxygens (including phenoxy) is 3. The van der Waals surface area contributed by atoms with Crippen LogP contribution in [-0.4, -0.2) is 81.6 Å². The first kappa shape index (κ1) is 24.8. The number of piperazine rings is 1. The third kappa shape index (κ3) is 5.29. The molecule has 37 heavy (non-hydrogen) atoms. The molecule has 3 aromatic heterocycles. The van der Waals surface area contributed by atoms with E-state index in [1.807, 2.05) is 45.2 Å². The minimum atomic E-state index is -0.505. The zero-order chi connectivity index (χ0) is 26.2. The molecule has 11 nitrogen and oxygen atoms in total. The molecule has 1 saturated heterocycles. The van der Waals surface area contributed by atoms with Gasteiger partial charge in [0.15, 0.2) is 11.5 Å². The molecule has 194 valence electrons. The standard InChI is InChI=1S/C25H29N7O4S/c1-25(2,3)36-24(33)31-10-8-30(9-11-31)22-26-13-17(14-27-22)18-15-32-23(28-18)37-21(29-32)16-6-7-19(34-4)20(12-16)35-5/h6-7,12-15H,8-11H2,1-5H3. The molecule has 1 aromatic carbocycles. The molecule has 0 saturated carbocycles. The van der Waals surface area contributed by atoms with Gasteiger partial charge in [0.05, 0.1) is 26.1 Å². The van der Waals surface area contributed by atoms with Crippen molar-refractivity contribution >= 4 is 28.3 Å². The van der Waals surface area contributed by atoms with Crippen LogP contribution in [0.15, 0.2) is 36.8 Å². The van der Waals surface area contributed by atoms with Gasteiger partial charge in [0.2, 0.25) is 10.9 Å². The predicted molar refractivity (Wildman–Crippen MR) is 140 cm³/mol. The molecule has 0 unspecified atom stereocenters. The van der Waals surface area contributed by atoms with E-state index in [-0.39, 0.29) is 6.09 Å². The number of nitrogens with zero attached hydrogens (tertiary/aromatic N) is 7. The number of carbonyl (C=O) groups excluding carboxylic acids is 1. The minimum Gasteiger partial charge on any atom is -0.493 e. The number of carbonyl (C=O) groups is 1. The molecule has 0 atom stereocenters. The fourth-order valence-corrected chi connectivity index (χ4v) is 4.84. The molecule has 0 aliphatic carbocycles. The SMILES string of the molecule is COc1ccc(-c2nn3cc(-c4cnc(N5CCN(C(=O)OC(C)(C)C)CC5)nc4)nc3s2)cc1OC. The summed E-state index contributed by atoms with van der Waals surface area (Å²) in [7, 11) is 3.22. The lowest BCUT2D eigenvalue weighted by Gasteiger charge is -2.35. The molecule has 0 radical (unpaired) electrons. The molecule has 1 aliphatic rings. The molecule has 0 spiro atoms. The van der Waals surface area contributed by atoms with E-state index in [9.17, 15) is 4.79 Å². The van der Waals surface area contributed by atoms with Gasteiger partial charge in [-0.15, -0.1) is 0 Å². The summed E-state index contributed by atoms with van der Waals surface area (Å²) in [4.78, 5) is 30.7. The maximum atomic E-state index is 12.3. The number of benzene rings is 1. The van der Waals surface area contributed by atoms with Crippen molar-refractivity contribution in [3.05, 3.63) is 36.8 Å². The van der Waals surface area contributed by atoms with E-state index in [4.69, 9.17) is 19.2 Å². The summed E-state index contributed by atoms with van der Waals surface area (Å²) < 4.78 is 18.0. The Morgan fingerprint density at radius 1 is 0.973 bits per heavy atom. The molecular weight excluding hydrogens is 494 g/mol. The number of hydrogen-bond acceptors (Lipinski definition) is 10. The first-order valence-electron chi connectivity index (χ1n) is 11.9. The van der Waals surface area contributed by atoms with Crippen molar-refractivity contribution < 1.29 is 19.0 Å². The molecule has 1 aliphatic heterocycles. The third-order valence-electron chi connectivity index (χ3n) is 5.82. The van der Waals surface area contributed by atoms with E-state index >= 15 is 0 Å². The number of aromatic nitrogens is 5. The Balaban J connectivity index is 1.25. The van der Waals surface area contributed by atoms with E-state index in [0.717, 1.165) is 26.8 Å². The summed E-state index contributed by atoms with van der Waals surface area (Å²) in [5.74, 6) is 1.95. The van der Waals surface area contributed by atoms with Crippen LogP contribution in [0.2, 0.25) is 0 Å². The van der Waals surface area contributed by atoms with Crippen LogP contribution in [0.5, 0.6) is 11.5 Å². The quantitative estimate of drug-likeness (QED) is 0.384. The lowest BCUT2D eigenvalue weighted by Crippen LogP contribution is -2.50. The number of rotatable bonds is 5. The highest BCUT2D eigenvalue weighted by atomic mass is 32.1. The van der Waals surface area contributed by atoms with Crippen molar-refractivity contribution in [3.8, 4) is 33.3 Å². The maximum absolute atomic E-state index is 12.3. The Bertz CT molecular complexity index is 1370. The highest BCUT2D eigenvalue weighted by Crippen LogP contribution is 2.34. The highest BCUT2D eigenvalue weighted by Gasteiger charge is 2.26. The average molecular weight is 524 g/mol. The number of hydrogen-bond donors (Lipinski definition) is 0. The summed E-state index contributed by atoms with van der Waals surface area (Å²) in [6.07, 6.45) is 5.12. The molecule has 5 rings (SSSR count). The van der Waals surface area contributed by atoms with E-state index in [1.54, 1.807) is 36.0 Å². The van der Waals surface area contributed by atoms with E-state index in [1.165, 1.54) is 11.3 Å². The number of methoxy groups -OCH3 is 2. The predicted octanol–water partition coefficient (Wildman–Crippen LogP) is 3.99. The van der Waals surface area contributed by atoms with Gasteiger partial charge in [0, 0.05) is 49.7 Å². The number of anilines is 1. The van der Waals surface area contributed by atoms with Crippen LogP contribution in [0.4, 0.5) is 10.7 Å². The molecule has 0 N–H and O–H groups in total. The summed E-state index contributed by atoms with van der Waals surface area (Å²) >= 11 is 1.48. The lowest BCUT2D eigenvalue weighted by atomic mass is 10.2. The molecule has 4 aromatic rings. The third-order valence-corrected chi connectivity index (χ3v) is 6.79. The number of imidazole rings is 1. The molecule has 12 heteroatoms. The van der Waals surface area contributed by atoms with Gasteiger partial charge < -0.3 is 24.0 Å². The van der Waals surface area contributed by atoms with Crippen LogP contribution in [0.25, 0.3) is 26.8 Å². The van der Waals surface area contributed by atoms with Crippen molar-refractivity contribution in [2.45, 2.75) is 26.4 Å². The van der Waals surface area contributed by atoms with Crippen LogP contribution in [0, 0.1) is 0 Å². The second-order valence-corrected chi connectivity index (χ2v) is 10.5. The zero-order valence-electron chi connectivity index (χ0n) is 21.5. The van der Waals surface area contributed by atoms with E-state index < -0.39 is 5.60 Å². The Labute approximate surface area is 218 Å². The van der Waals surface area contributed by atoms with Gasteiger partial charge in [0.1, 0.15) is 10.6 Å². The van der Waals surface area contributed by atoms with Crippen molar-refractivity contribution in [3.63, 3.8) is 0 Å². The first-order valence-corrected chi connectivity index (χ1v) is 12.7. The van der Waals surface area contributed by atoms with Crippen LogP contribution in [0.1, 0.15) is 20.8 Å². The first-order chi connectivity index (χ1) is 17.7. The smallest absolute Gasteiger partial charge is 0.410 e. The van der Waals surface area contributed by atoms with Crippen molar-refractivity contribution in [1.29, 1.82) is 0 Å². The highest BCUT2D eigenvalue weighted by molar-refractivity contribution is 7.19. The normalized spacial score (nSPS) is 14.2. The Morgan fingerprint density at radius 3 is 2.30 bits per heavy atom. The Morgan fingerprint density at radius 2 is 1.68 bits per heavy atom. The van der Waals surface area contributed by atoms with E-state index in [2.05, 4.69) is 20.0 Å². The van der Waals surface area contributed by atoms with Gasteiger partial charge in [-0.05, 0) is 39.0 Å². The zero-order valence-corrected chi connectivity index (χ0v) is 22.3. The largest absolute Gasteiger partial charge is 0.493 e. The van der Waals surface area contributed by atoms with Gasteiger partial charge in [0.25, 0.3) is 0 Å². The summed E-state index contributed by atoms with van der Waals surface area (Å²) in [5.41, 5.74) is 1.98. The minimum absolute atomic E-state index is 0.286. The lowest BCUT2D eigenvalue weighted by molar-refractivity contribution is 0.0240.